The maximum Gasteiger partial charge on any atom is 3.00 e. The molecular weight excluding hydrogens is 824 g/mol. The van der Waals surface area contributed by atoms with Crippen LogP contribution in [0.25, 0.3) is 57.5 Å². The molecule has 36 heavy (non-hydrogen) atoms. The van der Waals surface area contributed by atoms with E-state index in [2.05, 4.69) is 108 Å². The monoisotopic (exact) mass is 832 g/mol. The zero-order valence-corrected chi connectivity index (χ0v) is 27.0. The van der Waals surface area contributed by atoms with Gasteiger partial charge in [-0.05, 0) is 124 Å². The Morgan fingerprint density at radius 2 is 1.00 bits per heavy atom. The summed E-state index contributed by atoms with van der Waals surface area (Å²) in [6.07, 6.45) is 8.03. The first-order valence-corrected chi connectivity index (χ1v) is 14.4. The van der Waals surface area contributed by atoms with E-state index in [1.54, 1.807) is 0 Å². The fourth-order valence-corrected chi connectivity index (χ4v) is 6.15. The molecular formula is C26H13Br5FeN4+3. The number of nitrogens with one attached hydrogen (secondary N) is 2. The van der Waals surface area contributed by atoms with Gasteiger partial charge in [0, 0.05) is 10.0 Å². The molecule has 0 amide bonds. The second kappa shape index (κ2) is 10.5. The summed E-state index contributed by atoms with van der Waals surface area (Å²) < 4.78 is 4.55. The van der Waals surface area contributed by atoms with Crippen LogP contribution in [0.2, 0.25) is 0 Å². The van der Waals surface area contributed by atoms with Gasteiger partial charge in [-0.25, -0.2) is 9.97 Å². The minimum absolute atomic E-state index is 0. The number of aromatic nitrogens is 4. The summed E-state index contributed by atoms with van der Waals surface area (Å²) in [5.41, 5.74) is 9.22. The standard InChI is InChI=1S/C26H13Br5N4.Fe/c27-13-3-1-12(2-4-13)14-11-21-24(30)19-8-7-17(33-19)22(28)15-5-6-16(32-15)23(29)18-9-10-20(34-18)25(31)26(14)35-21;/h1-11,32,35H;/q;+3. The molecule has 3 aromatic heterocycles. The summed E-state index contributed by atoms with van der Waals surface area (Å²) in [6.45, 7) is 0. The molecule has 0 aliphatic carbocycles. The molecule has 2 aliphatic heterocycles. The maximum atomic E-state index is 4.90. The fraction of sp³-hybridized carbons (Fsp3) is 0. The summed E-state index contributed by atoms with van der Waals surface area (Å²) >= 11 is 18.6. The van der Waals surface area contributed by atoms with Crippen molar-refractivity contribution < 1.29 is 17.1 Å². The number of halogens is 5. The molecule has 0 spiro atoms. The molecule has 2 N–H and O–H groups in total. The van der Waals surface area contributed by atoms with E-state index < -0.39 is 0 Å². The van der Waals surface area contributed by atoms with Gasteiger partial charge in [0.1, 0.15) is 0 Å². The fourth-order valence-electron chi connectivity index (χ4n) is 4.01. The van der Waals surface area contributed by atoms with E-state index in [-0.39, 0.29) is 17.1 Å². The Balaban J connectivity index is 0.00000267. The summed E-state index contributed by atoms with van der Waals surface area (Å²) in [5, 5.41) is 0. The molecule has 0 atom stereocenters. The smallest absolute Gasteiger partial charge is 0.354 e. The molecule has 1 radical (unpaired) electrons. The molecule has 1 aromatic carbocycles. The SMILES string of the molecule is Brc1ccc(-c2cc3[nH]c2c(Br)c2nc(c(Br)c4ccc([nH]4)c(Br)c4nc(c3Br)C=C4)C=C2)cc1.[Fe+3]. The first-order chi connectivity index (χ1) is 16.9. The van der Waals surface area contributed by atoms with E-state index in [0.717, 1.165) is 78.3 Å². The Kier molecular flexibility index (Phi) is 7.67. The molecule has 10 heteroatoms. The first kappa shape index (κ1) is 26.4. The van der Waals surface area contributed by atoms with E-state index in [9.17, 15) is 0 Å². The Morgan fingerprint density at radius 3 is 1.53 bits per heavy atom. The number of hydrogen-bond acceptors (Lipinski definition) is 2. The topological polar surface area (TPSA) is 57.4 Å². The van der Waals surface area contributed by atoms with Gasteiger partial charge in [-0.2, -0.15) is 0 Å². The molecule has 5 heterocycles. The molecule has 0 saturated carbocycles. The molecule has 8 bridgehead atoms. The van der Waals surface area contributed by atoms with Crippen LogP contribution in [-0.2, 0) is 17.1 Å². The van der Waals surface area contributed by atoms with Crippen LogP contribution in [-0.4, -0.2) is 19.9 Å². The van der Waals surface area contributed by atoms with Crippen LogP contribution in [0.3, 0.4) is 0 Å². The van der Waals surface area contributed by atoms with Gasteiger partial charge in [-0.3, -0.25) is 0 Å². The van der Waals surface area contributed by atoms with Gasteiger partial charge in [0.25, 0.3) is 0 Å². The summed E-state index contributed by atoms with van der Waals surface area (Å²) in [5.74, 6) is 0. The quantitative estimate of drug-likeness (QED) is 0.162. The van der Waals surface area contributed by atoms with E-state index in [1.165, 1.54) is 0 Å². The predicted octanol–water partition coefficient (Wildman–Crippen LogP) is 10.1. The number of fused-ring (bicyclic) bond motifs is 8. The number of nitrogens with zero attached hydrogens (tertiary/aromatic N) is 2. The van der Waals surface area contributed by atoms with Gasteiger partial charge >= 0.3 is 17.1 Å². The van der Waals surface area contributed by atoms with Gasteiger partial charge in [-0.1, -0.05) is 28.1 Å². The molecule has 4 aromatic rings. The Hall–Kier alpha value is -1.26. The van der Waals surface area contributed by atoms with E-state index in [0.29, 0.717) is 0 Å². The normalized spacial score (nSPS) is 12.1. The number of hydrogen-bond donors (Lipinski definition) is 2. The zero-order chi connectivity index (χ0) is 24.3. The van der Waals surface area contributed by atoms with Crippen molar-refractivity contribution in [3.63, 3.8) is 0 Å². The van der Waals surface area contributed by atoms with Crippen molar-refractivity contribution >= 4 is 126 Å². The van der Waals surface area contributed by atoms with Crippen molar-refractivity contribution in [2.75, 3.05) is 0 Å². The molecule has 6 rings (SSSR count). The Bertz CT molecular complexity index is 1750. The van der Waals surface area contributed by atoms with Crippen molar-refractivity contribution in [3.8, 4) is 11.1 Å². The van der Waals surface area contributed by atoms with Gasteiger partial charge in [0.05, 0.1) is 62.7 Å². The summed E-state index contributed by atoms with van der Waals surface area (Å²) in [4.78, 5) is 16.8. The van der Waals surface area contributed by atoms with E-state index in [1.807, 2.05) is 48.6 Å². The molecule has 0 fully saturated rings. The van der Waals surface area contributed by atoms with Gasteiger partial charge in [0.15, 0.2) is 0 Å². The number of H-pyrrole nitrogens is 2. The van der Waals surface area contributed by atoms with Gasteiger partial charge in [-0.15, -0.1) is 0 Å². The van der Waals surface area contributed by atoms with Gasteiger partial charge in [0.2, 0.25) is 0 Å². The van der Waals surface area contributed by atoms with Crippen LogP contribution in [0.5, 0.6) is 0 Å². The number of aromatic amines is 2. The van der Waals surface area contributed by atoms with Crippen LogP contribution in [0.15, 0.2) is 64.8 Å². The van der Waals surface area contributed by atoms with Gasteiger partial charge < -0.3 is 9.97 Å². The van der Waals surface area contributed by atoms with Crippen molar-refractivity contribution in [3.05, 3.63) is 87.6 Å². The van der Waals surface area contributed by atoms with Crippen LogP contribution < -0.4 is 0 Å². The van der Waals surface area contributed by atoms with Crippen molar-refractivity contribution in [2.24, 2.45) is 0 Å². The minimum atomic E-state index is 0. The third-order valence-corrected chi connectivity index (χ3v) is 9.60. The van der Waals surface area contributed by atoms with Crippen molar-refractivity contribution in [1.29, 1.82) is 0 Å². The molecule has 0 saturated heterocycles. The third-order valence-electron chi connectivity index (χ3n) is 5.77. The molecule has 0 unspecified atom stereocenters. The number of benzene rings is 1. The average Bonchev–Trinajstić information content (AvgIpc) is 3.68. The van der Waals surface area contributed by atoms with Crippen molar-refractivity contribution in [2.45, 2.75) is 0 Å². The van der Waals surface area contributed by atoms with Crippen LogP contribution in [0.4, 0.5) is 0 Å². The average molecular weight is 837 g/mol. The Morgan fingerprint density at radius 1 is 0.528 bits per heavy atom. The first-order valence-electron chi connectivity index (χ1n) is 10.5. The summed E-state index contributed by atoms with van der Waals surface area (Å²) in [6, 6.07) is 14.5. The maximum absolute atomic E-state index is 4.90. The zero-order valence-electron chi connectivity index (χ0n) is 18.0. The minimum Gasteiger partial charge on any atom is -0.354 e. The van der Waals surface area contributed by atoms with Crippen molar-refractivity contribution in [1.82, 2.24) is 19.9 Å². The second-order valence-electron chi connectivity index (χ2n) is 7.95. The van der Waals surface area contributed by atoms with Crippen LogP contribution in [0.1, 0.15) is 22.8 Å². The predicted molar refractivity (Wildman–Crippen MR) is 163 cm³/mol. The van der Waals surface area contributed by atoms with Crippen LogP contribution in [0, 0.1) is 0 Å². The molecule has 4 nitrogen and oxygen atoms in total. The molecule has 177 valence electrons. The van der Waals surface area contributed by atoms with Crippen LogP contribution >= 0.6 is 79.6 Å². The van der Waals surface area contributed by atoms with E-state index >= 15 is 0 Å². The summed E-state index contributed by atoms with van der Waals surface area (Å²) in [7, 11) is 0. The molecule has 2 aliphatic rings. The van der Waals surface area contributed by atoms with E-state index in [4.69, 9.17) is 9.97 Å². The number of rotatable bonds is 1. The Labute approximate surface area is 259 Å². The third kappa shape index (κ3) is 4.70. The second-order valence-corrected chi connectivity index (χ2v) is 12.0. The largest absolute Gasteiger partial charge is 3.00 e.